The smallest absolute Gasteiger partial charge is 0.126 e. The molecule has 1 heterocycles. The number of hydrogen-bond donors (Lipinski definition) is 2. The minimum absolute atomic E-state index is 0.175. The number of nitrogens with one attached hydrogen (secondary N) is 1. The number of furan rings is 1. The highest BCUT2D eigenvalue weighted by Gasteiger charge is 2.21. The topological polar surface area (TPSA) is 45.4 Å². The molecule has 1 aromatic heterocycles. The van der Waals surface area contributed by atoms with Crippen molar-refractivity contribution in [2.45, 2.75) is 37.8 Å². The second-order valence-corrected chi connectivity index (χ2v) is 4.28. The van der Waals surface area contributed by atoms with Crippen molar-refractivity contribution in [3.63, 3.8) is 0 Å². The predicted molar refractivity (Wildman–Crippen MR) is 64.0 cm³/mol. The minimum Gasteiger partial charge on any atom is -0.465 e. The van der Waals surface area contributed by atoms with Gasteiger partial charge in [0.05, 0.1) is 12.4 Å². The first kappa shape index (κ1) is 11.4. The Kier molecular flexibility index (Phi) is 4.19. The van der Waals surface area contributed by atoms with Crippen LogP contribution in [0.15, 0.2) is 28.9 Å². The highest BCUT2D eigenvalue weighted by molar-refractivity contribution is 5.42. The van der Waals surface area contributed by atoms with Crippen molar-refractivity contribution >= 4 is 6.08 Å². The van der Waals surface area contributed by atoms with Crippen LogP contribution in [-0.2, 0) is 0 Å². The van der Waals surface area contributed by atoms with Crippen LogP contribution in [0.5, 0.6) is 0 Å². The van der Waals surface area contributed by atoms with Crippen LogP contribution in [0, 0.1) is 0 Å². The van der Waals surface area contributed by atoms with Gasteiger partial charge < -0.3 is 14.8 Å². The molecule has 2 atom stereocenters. The molecule has 2 unspecified atom stereocenters. The van der Waals surface area contributed by atoms with E-state index >= 15 is 0 Å². The van der Waals surface area contributed by atoms with Crippen LogP contribution in [0.2, 0.25) is 0 Å². The molecule has 2 N–H and O–H groups in total. The Labute approximate surface area is 96.2 Å². The van der Waals surface area contributed by atoms with Crippen molar-refractivity contribution in [2.75, 3.05) is 6.54 Å². The SMILES string of the molecule is OC1CCCCC1NC/C=C/c1ccco1. The molecule has 0 saturated heterocycles. The van der Waals surface area contributed by atoms with Gasteiger partial charge in [-0.1, -0.05) is 18.9 Å². The van der Waals surface area contributed by atoms with Crippen LogP contribution < -0.4 is 5.32 Å². The minimum atomic E-state index is -0.175. The van der Waals surface area contributed by atoms with Gasteiger partial charge >= 0.3 is 0 Å². The summed E-state index contributed by atoms with van der Waals surface area (Å²) in [7, 11) is 0. The van der Waals surface area contributed by atoms with Crippen molar-refractivity contribution in [1.29, 1.82) is 0 Å². The molecule has 1 saturated carbocycles. The number of aliphatic hydroxyl groups excluding tert-OH is 1. The molecule has 0 amide bonds. The lowest BCUT2D eigenvalue weighted by Crippen LogP contribution is -2.42. The largest absolute Gasteiger partial charge is 0.465 e. The zero-order valence-electron chi connectivity index (χ0n) is 9.43. The van der Waals surface area contributed by atoms with Crippen LogP contribution in [0.1, 0.15) is 31.4 Å². The second kappa shape index (κ2) is 5.87. The summed E-state index contributed by atoms with van der Waals surface area (Å²) in [6, 6.07) is 4.05. The van der Waals surface area contributed by atoms with E-state index in [1.54, 1.807) is 6.26 Å². The first-order valence-corrected chi connectivity index (χ1v) is 5.98. The molecular weight excluding hydrogens is 202 g/mol. The maximum atomic E-state index is 9.75. The van der Waals surface area contributed by atoms with Gasteiger partial charge in [0.25, 0.3) is 0 Å². The van der Waals surface area contributed by atoms with E-state index in [4.69, 9.17) is 4.42 Å². The quantitative estimate of drug-likeness (QED) is 0.819. The van der Waals surface area contributed by atoms with Gasteiger partial charge in [-0.15, -0.1) is 0 Å². The van der Waals surface area contributed by atoms with Crippen LogP contribution in [0.25, 0.3) is 6.08 Å². The maximum Gasteiger partial charge on any atom is 0.126 e. The molecule has 1 aromatic rings. The van der Waals surface area contributed by atoms with Gasteiger partial charge in [-0.2, -0.15) is 0 Å². The van der Waals surface area contributed by atoms with Gasteiger partial charge in [-0.25, -0.2) is 0 Å². The third-order valence-corrected chi connectivity index (χ3v) is 3.05. The van der Waals surface area contributed by atoms with Crippen LogP contribution >= 0.6 is 0 Å². The average Bonchev–Trinajstić information content (AvgIpc) is 2.79. The number of aliphatic hydroxyl groups is 1. The lowest BCUT2D eigenvalue weighted by molar-refractivity contribution is 0.0929. The zero-order chi connectivity index (χ0) is 11.2. The highest BCUT2D eigenvalue weighted by Crippen LogP contribution is 2.18. The molecule has 2 rings (SSSR count). The van der Waals surface area contributed by atoms with E-state index in [0.29, 0.717) is 0 Å². The number of hydrogen-bond acceptors (Lipinski definition) is 3. The number of rotatable bonds is 4. The molecule has 0 spiro atoms. The molecule has 0 aliphatic heterocycles. The van der Waals surface area contributed by atoms with Gasteiger partial charge in [0.15, 0.2) is 0 Å². The fourth-order valence-electron chi connectivity index (χ4n) is 2.13. The summed E-state index contributed by atoms with van der Waals surface area (Å²) in [4.78, 5) is 0. The lowest BCUT2D eigenvalue weighted by Gasteiger charge is -2.27. The summed E-state index contributed by atoms with van der Waals surface area (Å²) in [5, 5.41) is 13.1. The monoisotopic (exact) mass is 221 g/mol. The van der Waals surface area contributed by atoms with E-state index in [2.05, 4.69) is 5.32 Å². The second-order valence-electron chi connectivity index (χ2n) is 4.28. The van der Waals surface area contributed by atoms with Gasteiger partial charge in [0.1, 0.15) is 5.76 Å². The van der Waals surface area contributed by atoms with Crippen molar-refractivity contribution in [3.05, 3.63) is 30.2 Å². The molecular formula is C13H19NO2. The lowest BCUT2D eigenvalue weighted by atomic mass is 9.93. The van der Waals surface area contributed by atoms with Crippen LogP contribution in [0.4, 0.5) is 0 Å². The molecule has 16 heavy (non-hydrogen) atoms. The van der Waals surface area contributed by atoms with Gasteiger partial charge in [0.2, 0.25) is 0 Å². The molecule has 3 nitrogen and oxygen atoms in total. The highest BCUT2D eigenvalue weighted by atomic mass is 16.3. The van der Waals surface area contributed by atoms with E-state index in [0.717, 1.165) is 31.6 Å². The van der Waals surface area contributed by atoms with E-state index in [1.165, 1.54) is 6.42 Å². The molecule has 1 aliphatic carbocycles. The maximum absolute atomic E-state index is 9.75. The Morgan fingerprint density at radius 1 is 1.44 bits per heavy atom. The van der Waals surface area contributed by atoms with Crippen LogP contribution in [0.3, 0.4) is 0 Å². The van der Waals surface area contributed by atoms with E-state index in [1.807, 2.05) is 24.3 Å². The Morgan fingerprint density at radius 2 is 2.31 bits per heavy atom. The molecule has 0 aromatic carbocycles. The van der Waals surface area contributed by atoms with Crippen molar-refractivity contribution < 1.29 is 9.52 Å². The molecule has 0 bridgehead atoms. The first-order chi connectivity index (χ1) is 7.86. The van der Waals surface area contributed by atoms with Crippen molar-refractivity contribution in [2.24, 2.45) is 0 Å². The van der Waals surface area contributed by atoms with Crippen molar-refractivity contribution in [3.8, 4) is 0 Å². The summed E-state index contributed by atoms with van der Waals surface area (Å²) in [5.74, 6) is 0.867. The standard InChI is InChI=1S/C13H19NO2/c15-13-8-2-1-7-12(13)14-9-3-5-11-6-4-10-16-11/h3-6,10,12-15H,1-2,7-9H2/b5-3+. The van der Waals surface area contributed by atoms with Crippen molar-refractivity contribution in [1.82, 2.24) is 5.32 Å². The third-order valence-electron chi connectivity index (χ3n) is 3.05. The van der Waals surface area contributed by atoms with Gasteiger partial charge in [-0.3, -0.25) is 0 Å². The van der Waals surface area contributed by atoms with E-state index < -0.39 is 0 Å². The molecule has 88 valence electrons. The predicted octanol–water partition coefficient (Wildman–Crippen LogP) is 2.19. The summed E-state index contributed by atoms with van der Waals surface area (Å²) in [6.07, 6.45) is 9.85. The third kappa shape index (κ3) is 3.22. The fraction of sp³-hybridized carbons (Fsp3) is 0.538. The summed E-state index contributed by atoms with van der Waals surface area (Å²) in [5.41, 5.74) is 0. The van der Waals surface area contributed by atoms with Gasteiger partial charge in [-0.05, 0) is 31.1 Å². The van der Waals surface area contributed by atoms with Crippen LogP contribution in [-0.4, -0.2) is 23.8 Å². The Bertz CT molecular complexity index is 319. The molecule has 1 fully saturated rings. The summed E-state index contributed by atoms with van der Waals surface area (Å²) in [6.45, 7) is 0.780. The zero-order valence-corrected chi connectivity index (χ0v) is 9.43. The Hall–Kier alpha value is -1.06. The van der Waals surface area contributed by atoms with E-state index in [9.17, 15) is 5.11 Å². The molecule has 1 aliphatic rings. The summed E-state index contributed by atoms with van der Waals surface area (Å²) < 4.78 is 5.18. The normalized spacial score (nSPS) is 26.3. The van der Waals surface area contributed by atoms with Gasteiger partial charge in [0, 0.05) is 12.6 Å². The fourth-order valence-corrected chi connectivity index (χ4v) is 2.13. The first-order valence-electron chi connectivity index (χ1n) is 5.98. The average molecular weight is 221 g/mol. The molecule has 0 radical (unpaired) electrons. The van der Waals surface area contributed by atoms with E-state index in [-0.39, 0.29) is 12.1 Å². The Balaban J connectivity index is 1.71. The Morgan fingerprint density at radius 3 is 3.06 bits per heavy atom. The molecule has 3 heteroatoms. The summed E-state index contributed by atoms with van der Waals surface area (Å²) >= 11 is 0.